The molecule has 3 aromatic rings. The summed E-state index contributed by atoms with van der Waals surface area (Å²) in [7, 11) is 0. The average Bonchev–Trinajstić information content (AvgIpc) is 3.29. The molecule has 190 valence electrons. The average molecular weight is 565 g/mol. The van der Waals surface area contributed by atoms with Crippen molar-refractivity contribution in [2.75, 3.05) is 13.2 Å². The van der Waals surface area contributed by atoms with E-state index >= 15 is 0 Å². The van der Waals surface area contributed by atoms with E-state index in [-0.39, 0.29) is 25.5 Å². The molecule has 0 bridgehead atoms. The highest BCUT2D eigenvalue weighted by atomic mass is 79.9. The molecule has 0 spiro atoms. The van der Waals surface area contributed by atoms with Crippen LogP contribution in [0.25, 0.3) is 10.4 Å². The van der Waals surface area contributed by atoms with Crippen LogP contribution in [0.5, 0.6) is 5.75 Å². The van der Waals surface area contributed by atoms with Crippen LogP contribution in [0.4, 0.5) is 0 Å². The third-order valence-electron chi connectivity index (χ3n) is 6.08. The van der Waals surface area contributed by atoms with Gasteiger partial charge in [-0.3, -0.25) is 0 Å². The zero-order chi connectivity index (χ0) is 26.3. The number of aliphatic hydroxyl groups is 1. The Bertz CT molecular complexity index is 1340. The number of carboxylic acids is 1. The van der Waals surface area contributed by atoms with E-state index in [1.165, 1.54) is 0 Å². The number of aliphatic imine (C=N–C) groups is 1. The van der Waals surface area contributed by atoms with E-state index in [0.717, 1.165) is 5.56 Å². The van der Waals surface area contributed by atoms with Gasteiger partial charge in [0.1, 0.15) is 5.75 Å². The maximum atomic E-state index is 13.0. The molecular weight excluding hydrogens is 540 g/mol. The third kappa shape index (κ3) is 5.77. The molecule has 0 amide bonds. The van der Waals surface area contributed by atoms with Gasteiger partial charge in [0, 0.05) is 40.0 Å². The highest BCUT2D eigenvalue weighted by Gasteiger charge is 2.54. The number of nitrogens with zero attached hydrogens (tertiary/aromatic N) is 4. The molecule has 0 unspecified atom stereocenters. The van der Waals surface area contributed by atoms with Gasteiger partial charge in [0.2, 0.25) is 11.4 Å². The summed E-state index contributed by atoms with van der Waals surface area (Å²) in [6.45, 7) is 0.522. The van der Waals surface area contributed by atoms with Gasteiger partial charge in [-0.1, -0.05) is 63.5 Å². The lowest BCUT2D eigenvalue weighted by Crippen LogP contribution is -2.43. The van der Waals surface area contributed by atoms with Crippen molar-refractivity contribution < 1.29 is 24.5 Å². The molecule has 9 nitrogen and oxygen atoms in total. The highest BCUT2D eigenvalue weighted by molar-refractivity contribution is 9.10. The topological polar surface area (TPSA) is 137 Å². The van der Waals surface area contributed by atoms with E-state index in [4.69, 9.17) is 25.1 Å². The van der Waals surface area contributed by atoms with Gasteiger partial charge in [-0.05, 0) is 47.0 Å². The number of benzene rings is 3. The fraction of sp³-hybridized carbons (Fsp3) is 0.259. The van der Waals surface area contributed by atoms with Gasteiger partial charge in [0.25, 0.3) is 0 Å². The van der Waals surface area contributed by atoms with Crippen LogP contribution in [0.3, 0.4) is 0 Å². The predicted molar refractivity (Wildman–Crippen MR) is 142 cm³/mol. The van der Waals surface area contributed by atoms with Crippen LogP contribution in [0.15, 0.2) is 87.4 Å². The summed E-state index contributed by atoms with van der Waals surface area (Å²) in [5, 5.41) is 23.2. The number of carboxylic acid groups (broad SMARTS) is 1. The number of azide groups is 1. The molecule has 0 aliphatic carbocycles. The Labute approximate surface area is 222 Å². The van der Waals surface area contributed by atoms with E-state index in [1.54, 1.807) is 24.3 Å². The Kier molecular flexibility index (Phi) is 8.45. The number of rotatable bonds is 11. The molecule has 37 heavy (non-hydrogen) atoms. The minimum absolute atomic E-state index is 0.0251. The Morgan fingerprint density at radius 2 is 1.81 bits per heavy atom. The lowest BCUT2D eigenvalue weighted by Gasteiger charge is -2.29. The van der Waals surface area contributed by atoms with Gasteiger partial charge >= 0.3 is 5.97 Å². The van der Waals surface area contributed by atoms with Crippen LogP contribution in [0.1, 0.15) is 34.8 Å². The Morgan fingerprint density at radius 3 is 2.49 bits per heavy atom. The number of hydrogen-bond acceptors (Lipinski definition) is 6. The van der Waals surface area contributed by atoms with Gasteiger partial charge in [-0.15, -0.1) is 0 Å². The van der Waals surface area contributed by atoms with Crippen molar-refractivity contribution in [2.45, 2.75) is 31.0 Å². The lowest BCUT2D eigenvalue weighted by molar-refractivity contribution is -0.146. The van der Waals surface area contributed by atoms with Crippen LogP contribution in [-0.4, -0.2) is 40.8 Å². The van der Waals surface area contributed by atoms with Crippen LogP contribution < -0.4 is 4.74 Å². The van der Waals surface area contributed by atoms with Crippen molar-refractivity contribution in [3.63, 3.8) is 0 Å². The van der Waals surface area contributed by atoms with E-state index in [9.17, 15) is 9.90 Å². The Balaban J connectivity index is 1.77. The number of aliphatic hydroxyl groups excluding tert-OH is 1. The fourth-order valence-corrected chi connectivity index (χ4v) is 4.71. The molecule has 10 heteroatoms. The maximum absolute atomic E-state index is 13.0. The van der Waals surface area contributed by atoms with E-state index < -0.39 is 17.6 Å². The van der Waals surface area contributed by atoms with Gasteiger partial charge in [-0.2, -0.15) is 0 Å². The summed E-state index contributed by atoms with van der Waals surface area (Å²) in [6, 6.07) is 21.6. The molecule has 0 fully saturated rings. The SMILES string of the molecule is [N-]=[N+]=NCc1ccccc1C[C@@]1(C(=O)O)N=C(c2ccc(OCCCO)cc2)O[C@@H]1c1ccccc1Br. The molecule has 1 heterocycles. The standard InChI is InChI=1S/C27H25BrN4O5/c28-23-9-4-3-8-22(23)24-27(26(34)35,16-19-6-1-2-7-20(19)17-30-32-29)31-25(37-24)18-10-12-21(13-11-18)36-15-5-14-33/h1-4,6-13,24,33H,5,14-17H2,(H,34,35)/t24-,27-/m1/s1. The number of carbonyl (C=O) groups is 1. The van der Waals surface area contributed by atoms with Crippen LogP contribution in [0, 0.1) is 0 Å². The van der Waals surface area contributed by atoms with Gasteiger partial charge in [0.15, 0.2) is 6.10 Å². The van der Waals surface area contributed by atoms with Crippen LogP contribution in [-0.2, 0) is 22.5 Å². The van der Waals surface area contributed by atoms with Crippen molar-refractivity contribution in [2.24, 2.45) is 10.1 Å². The lowest BCUT2D eigenvalue weighted by atomic mass is 9.82. The van der Waals surface area contributed by atoms with E-state index in [0.29, 0.717) is 39.9 Å². The number of halogens is 1. The molecule has 2 N–H and O–H groups in total. The van der Waals surface area contributed by atoms with Crippen LogP contribution in [0.2, 0.25) is 0 Å². The summed E-state index contributed by atoms with van der Waals surface area (Å²) in [5.41, 5.74) is 9.81. The number of hydrogen-bond donors (Lipinski definition) is 2. The van der Waals surface area contributed by atoms with Gasteiger partial charge < -0.3 is 19.7 Å². The van der Waals surface area contributed by atoms with Crippen molar-refractivity contribution in [3.05, 3.63) is 110 Å². The van der Waals surface area contributed by atoms with Crippen molar-refractivity contribution in [1.82, 2.24) is 0 Å². The zero-order valence-electron chi connectivity index (χ0n) is 19.8. The zero-order valence-corrected chi connectivity index (χ0v) is 21.4. The fourth-order valence-electron chi connectivity index (χ4n) is 4.21. The molecular formula is C27H25BrN4O5. The molecule has 1 aliphatic heterocycles. The van der Waals surface area contributed by atoms with Crippen molar-refractivity contribution in [1.29, 1.82) is 0 Å². The monoisotopic (exact) mass is 564 g/mol. The Morgan fingerprint density at radius 1 is 1.11 bits per heavy atom. The molecule has 1 aliphatic rings. The molecule has 0 aromatic heterocycles. The third-order valence-corrected chi connectivity index (χ3v) is 6.80. The van der Waals surface area contributed by atoms with E-state index in [2.05, 4.69) is 26.0 Å². The summed E-state index contributed by atoms with van der Waals surface area (Å²) >= 11 is 3.54. The molecule has 3 aromatic carbocycles. The molecule has 0 radical (unpaired) electrons. The minimum Gasteiger partial charge on any atom is -0.494 e. The van der Waals surface area contributed by atoms with Gasteiger partial charge in [0.05, 0.1) is 13.2 Å². The van der Waals surface area contributed by atoms with Crippen LogP contribution >= 0.6 is 15.9 Å². The molecule has 4 rings (SSSR count). The van der Waals surface area contributed by atoms with Crippen molar-refractivity contribution in [3.8, 4) is 5.75 Å². The smallest absolute Gasteiger partial charge is 0.336 e. The van der Waals surface area contributed by atoms with E-state index in [1.807, 2.05) is 48.5 Å². The first kappa shape index (κ1) is 26.2. The van der Waals surface area contributed by atoms with Gasteiger partial charge in [-0.25, -0.2) is 9.79 Å². The summed E-state index contributed by atoms with van der Waals surface area (Å²) in [6.07, 6.45) is -0.381. The second-order valence-corrected chi connectivity index (χ2v) is 9.30. The number of ether oxygens (including phenoxy) is 2. The molecule has 0 saturated carbocycles. The molecule has 0 saturated heterocycles. The number of aliphatic carboxylic acids is 1. The summed E-state index contributed by atoms with van der Waals surface area (Å²) in [5.74, 6) is -0.307. The first-order valence-corrected chi connectivity index (χ1v) is 12.4. The van der Waals surface area contributed by atoms with Crippen molar-refractivity contribution >= 4 is 27.8 Å². The summed E-state index contributed by atoms with van der Waals surface area (Å²) in [4.78, 5) is 20.5. The predicted octanol–water partition coefficient (Wildman–Crippen LogP) is 5.60. The quantitative estimate of drug-likeness (QED) is 0.135. The molecule has 2 atom stereocenters. The Hall–Kier alpha value is -3.85. The largest absolute Gasteiger partial charge is 0.494 e. The highest BCUT2D eigenvalue weighted by Crippen LogP contribution is 2.44. The first-order valence-electron chi connectivity index (χ1n) is 11.6. The second kappa shape index (κ2) is 11.9. The minimum atomic E-state index is -1.68. The normalized spacial score (nSPS) is 18.4. The maximum Gasteiger partial charge on any atom is 0.336 e. The first-order chi connectivity index (χ1) is 18.0. The summed E-state index contributed by atoms with van der Waals surface area (Å²) < 4.78 is 12.6. The second-order valence-electron chi connectivity index (χ2n) is 8.45.